The minimum Gasteiger partial charge on any atom is -0.340 e. The van der Waals surface area contributed by atoms with E-state index in [1.807, 2.05) is 0 Å². The Kier molecular flexibility index (Phi) is 5.04. The van der Waals surface area contributed by atoms with Crippen LogP contribution in [-0.4, -0.2) is 62.0 Å². The van der Waals surface area contributed by atoms with Gasteiger partial charge in [0.25, 0.3) is 0 Å². The highest BCUT2D eigenvalue weighted by atomic mass is 32.2. The van der Waals surface area contributed by atoms with Crippen LogP contribution < -0.4 is 5.73 Å². The Morgan fingerprint density at radius 3 is 2.25 bits per heavy atom. The van der Waals surface area contributed by atoms with Gasteiger partial charge in [0.05, 0.1) is 12.2 Å². The molecule has 116 valence electrons. The van der Waals surface area contributed by atoms with Gasteiger partial charge in [-0.2, -0.15) is 4.31 Å². The molecular weight excluding hydrogens is 278 g/mol. The molecule has 2 atom stereocenters. The molecule has 2 rings (SSSR count). The van der Waals surface area contributed by atoms with Crippen LogP contribution in [0.25, 0.3) is 0 Å². The molecule has 2 unspecified atom stereocenters. The van der Waals surface area contributed by atoms with Crippen molar-refractivity contribution >= 4 is 15.9 Å². The SMILES string of the molecule is CS(=O)(=O)N1CCN(C(=O)C2CCCCCC2N)CC1. The monoisotopic (exact) mass is 303 g/mol. The zero-order valence-corrected chi connectivity index (χ0v) is 12.9. The van der Waals surface area contributed by atoms with E-state index >= 15 is 0 Å². The number of carbonyl (C=O) groups is 1. The summed E-state index contributed by atoms with van der Waals surface area (Å²) in [5.74, 6) is 0.0369. The standard InChI is InChI=1S/C13H25N3O3S/c1-20(18,19)16-9-7-15(8-10-16)13(17)11-5-3-2-4-6-12(11)14/h11-12H,2-10,14H2,1H3. The Bertz CT molecular complexity index is 444. The molecule has 6 nitrogen and oxygen atoms in total. The molecule has 0 bridgehead atoms. The van der Waals surface area contributed by atoms with Crippen LogP contribution in [-0.2, 0) is 14.8 Å². The minimum atomic E-state index is -3.15. The molecule has 7 heteroatoms. The van der Waals surface area contributed by atoms with Gasteiger partial charge in [-0.1, -0.05) is 19.3 Å². The van der Waals surface area contributed by atoms with E-state index in [2.05, 4.69) is 0 Å². The molecule has 0 radical (unpaired) electrons. The number of hydrogen-bond acceptors (Lipinski definition) is 4. The molecule has 1 amide bonds. The average Bonchev–Trinajstić information content (AvgIpc) is 2.62. The fourth-order valence-corrected chi connectivity index (χ4v) is 3.94. The van der Waals surface area contributed by atoms with Crippen molar-refractivity contribution in [2.75, 3.05) is 32.4 Å². The van der Waals surface area contributed by atoms with Crippen LogP contribution in [0.4, 0.5) is 0 Å². The van der Waals surface area contributed by atoms with Crippen molar-refractivity contribution < 1.29 is 13.2 Å². The zero-order chi connectivity index (χ0) is 14.8. The lowest BCUT2D eigenvalue weighted by Gasteiger charge is -2.36. The molecule has 1 aliphatic carbocycles. The number of nitrogens with two attached hydrogens (primary N) is 1. The second kappa shape index (κ2) is 6.41. The van der Waals surface area contributed by atoms with Crippen LogP contribution in [0.1, 0.15) is 32.1 Å². The summed E-state index contributed by atoms with van der Waals surface area (Å²) < 4.78 is 24.4. The summed E-state index contributed by atoms with van der Waals surface area (Å²) in [7, 11) is -3.15. The molecule has 20 heavy (non-hydrogen) atoms. The van der Waals surface area contributed by atoms with E-state index in [9.17, 15) is 13.2 Å². The van der Waals surface area contributed by atoms with Crippen molar-refractivity contribution in [1.29, 1.82) is 0 Å². The molecule has 0 aromatic heterocycles. The zero-order valence-electron chi connectivity index (χ0n) is 12.1. The highest BCUT2D eigenvalue weighted by Crippen LogP contribution is 2.24. The highest BCUT2D eigenvalue weighted by molar-refractivity contribution is 7.88. The molecule has 1 saturated heterocycles. The summed E-state index contributed by atoms with van der Waals surface area (Å²) in [5.41, 5.74) is 6.13. The predicted molar refractivity (Wildman–Crippen MR) is 77.5 cm³/mol. The summed E-state index contributed by atoms with van der Waals surface area (Å²) >= 11 is 0. The molecule has 0 aromatic rings. The number of piperazine rings is 1. The largest absolute Gasteiger partial charge is 0.340 e. The third-order valence-corrected chi connectivity index (χ3v) is 5.71. The van der Waals surface area contributed by atoms with Gasteiger partial charge in [0.2, 0.25) is 15.9 Å². The fraction of sp³-hybridized carbons (Fsp3) is 0.923. The Hall–Kier alpha value is -0.660. The topological polar surface area (TPSA) is 83.7 Å². The highest BCUT2D eigenvalue weighted by Gasteiger charge is 2.33. The maximum atomic E-state index is 12.6. The van der Waals surface area contributed by atoms with Crippen LogP contribution in [0.2, 0.25) is 0 Å². The second-order valence-electron chi connectivity index (χ2n) is 5.90. The van der Waals surface area contributed by atoms with Gasteiger partial charge in [0, 0.05) is 32.2 Å². The maximum Gasteiger partial charge on any atom is 0.227 e. The van der Waals surface area contributed by atoms with Crippen molar-refractivity contribution in [3.63, 3.8) is 0 Å². The molecule has 2 N–H and O–H groups in total. The van der Waals surface area contributed by atoms with Crippen molar-refractivity contribution in [1.82, 2.24) is 9.21 Å². The number of sulfonamides is 1. The minimum absolute atomic E-state index is 0.0436. The average molecular weight is 303 g/mol. The molecule has 0 spiro atoms. The van der Waals surface area contributed by atoms with Crippen LogP contribution >= 0.6 is 0 Å². The van der Waals surface area contributed by atoms with E-state index in [0.29, 0.717) is 26.2 Å². The van der Waals surface area contributed by atoms with Gasteiger partial charge in [0.15, 0.2) is 0 Å². The number of hydrogen-bond donors (Lipinski definition) is 1. The van der Waals surface area contributed by atoms with Crippen LogP contribution in [0.5, 0.6) is 0 Å². The second-order valence-corrected chi connectivity index (χ2v) is 7.88. The van der Waals surface area contributed by atoms with E-state index in [1.54, 1.807) is 4.90 Å². The Morgan fingerprint density at radius 1 is 1.05 bits per heavy atom. The molecular formula is C13H25N3O3S. The van der Waals surface area contributed by atoms with E-state index in [-0.39, 0.29) is 17.9 Å². The van der Waals surface area contributed by atoms with Gasteiger partial charge in [-0.25, -0.2) is 8.42 Å². The third-order valence-electron chi connectivity index (χ3n) is 4.41. The first-order valence-electron chi connectivity index (χ1n) is 7.39. The lowest BCUT2D eigenvalue weighted by molar-refractivity contribution is -0.137. The van der Waals surface area contributed by atoms with E-state index in [0.717, 1.165) is 32.1 Å². The number of rotatable bonds is 2. The molecule has 2 aliphatic rings. The Balaban J connectivity index is 1.94. The summed E-state index contributed by atoms with van der Waals surface area (Å²) in [6, 6.07) is -0.0436. The lowest BCUT2D eigenvalue weighted by atomic mass is 9.94. The first-order valence-corrected chi connectivity index (χ1v) is 9.24. The van der Waals surface area contributed by atoms with Gasteiger partial charge in [-0.3, -0.25) is 4.79 Å². The summed E-state index contributed by atoms with van der Waals surface area (Å²) in [6.07, 6.45) is 6.32. The first-order chi connectivity index (χ1) is 9.39. The van der Waals surface area contributed by atoms with Crippen LogP contribution in [0, 0.1) is 5.92 Å². The third kappa shape index (κ3) is 3.71. The Labute approximate surface area is 121 Å². The smallest absolute Gasteiger partial charge is 0.227 e. The number of carbonyl (C=O) groups excluding carboxylic acids is 1. The van der Waals surface area contributed by atoms with E-state index in [4.69, 9.17) is 5.73 Å². The molecule has 1 aliphatic heterocycles. The number of amides is 1. The van der Waals surface area contributed by atoms with Gasteiger partial charge in [0.1, 0.15) is 0 Å². The normalized spacial score (nSPS) is 30.0. The summed E-state index contributed by atoms with van der Waals surface area (Å²) in [6.45, 7) is 1.75. The lowest BCUT2D eigenvalue weighted by Crippen LogP contribution is -2.53. The first kappa shape index (κ1) is 15.7. The molecule has 1 saturated carbocycles. The van der Waals surface area contributed by atoms with Crippen molar-refractivity contribution in [3.05, 3.63) is 0 Å². The van der Waals surface area contributed by atoms with Gasteiger partial charge in [-0.15, -0.1) is 0 Å². The van der Waals surface area contributed by atoms with Gasteiger partial charge < -0.3 is 10.6 Å². The van der Waals surface area contributed by atoms with Crippen LogP contribution in [0.3, 0.4) is 0 Å². The fourth-order valence-electron chi connectivity index (χ4n) is 3.12. The van der Waals surface area contributed by atoms with Gasteiger partial charge >= 0.3 is 0 Å². The predicted octanol–water partition coefficient (Wildman–Crippen LogP) is -0.00220. The molecule has 0 aromatic carbocycles. The summed E-state index contributed by atoms with van der Waals surface area (Å²) in [5, 5.41) is 0. The van der Waals surface area contributed by atoms with E-state index < -0.39 is 10.0 Å². The number of nitrogens with zero attached hydrogens (tertiary/aromatic N) is 2. The van der Waals surface area contributed by atoms with Crippen molar-refractivity contribution in [2.45, 2.75) is 38.1 Å². The van der Waals surface area contributed by atoms with Gasteiger partial charge in [-0.05, 0) is 12.8 Å². The van der Waals surface area contributed by atoms with Crippen molar-refractivity contribution in [3.8, 4) is 0 Å². The quantitative estimate of drug-likeness (QED) is 0.728. The van der Waals surface area contributed by atoms with Crippen molar-refractivity contribution in [2.24, 2.45) is 11.7 Å². The Morgan fingerprint density at radius 2 is 1.65 bits per heavy atom. The summed E-state index contributed by atoms with van der Waals surface area (Å²) in [4.78, 5) is 14.3. The molecule has 2 fully saturated rings. The maximum absolute atomic E-state index is 12.6. The molecule has 1 heterocycles. The van der Waals surface area contributed by atoms with E-state index in [1.165, 1.54) is 10.6 Å². The van der Waals surface area contributed by atoms with Crippen LogP contribution in [0.15, 0.2) is 0 Å².